The van der Waals surface area contributed by atoms with Gasteiger partial charge in [-0.05, 0) is 6.92 Å². The molecule has 7 heavy (non-hydrogen) atoms. The van der Waals surface area contributed by atoms with Gasteiger partial charge in [-0.15, -0.1) is 5.10 Å². The first kappa shape index (κ1) is 4.73. The first-order chi connectivity index (χ1) is 3.29. The van der Waals surface area contributed by atoms with E-state index < -0.39 is 11.5 Å². The van der Waals surface area contributed by atoms with Gasteiger partial charge in [-0.1, -0.05) is 4.83 Å². The predicted octanol–water partition coefficient (Wildman–Crippen LogP) is -0.909. The molecule has 0 spiro atoms. The molecule has 0 bridgehead atoms. The first-order valence-electron chi connectivity index (χ1n) is 1.77. The van der Waals surface area contributed by atoms with Crippen molar-refractivity contribution in [3.05, 3.63) is 0 Å². The quantitative estimate of drug-likeness (QED) is 0.406. The molecular weight excluding hydrogens is 114 g/mol. The van der Waals surface area contributed by atoms with Crippen LogP contribution in [-0.4, -0.2) is 10.4 Å². The predicted molar refractivity (Wildman–Crippen MR) is 27.5 cm³/mol. The highest BCUT2D eigenvalue weighted by molar-refractivity contribution is 7.88. The third-order valence-corrected chi connectivity index (χ3v) is 1.27. The van der Waals surface area contributed by atoms with E-state index in [1.807, 2.05) is 0 Å². The molecule has 0 aromatic carbocycles. The van der Waals surface area contributed by atoms with Crippen molar-refractivity contribution in [3.8, 4) is 0 Å². The summed E-state index contributed by atoms with van der Waals surface area (Å²) in [6.07, 6.45) is 0. The number of nitrogens with one attached hydrogen (secondary N) is 2. The summed E-state index contributed by atoms with van der Waals surface area (Å²) >= 11 is -1.16. The minimum atomic E-state index is -1.16. The van der Waals surface area contributed by atoms with Gasteiger partial charge in [0.2, 0.25) is 11.5 Å². The third kappa shape index (κ3) is 0.971. The topological polar surface area (TPSA) is 59.5 Å². The van der Waals surface area contributed by atoms with Crippen LogP contribution in [0.2, 0.25) is 0 Å². The van der Waals surface area contributed by atoms with Crippen LogP contribution in [0.4, 0.5) is 0 Å². The molecule has 0 fully saturated rings. The maximum atomic E-state index is 10.2. The molecule has 1 aliphatic rings. The summed E-state index contributed by atoms with van der Waals surface area (Å²) in [5.74, 6) is 0.665. The average Bonchev–Trinajstić information content (AvgIpc) is 1.87. The van der Waals surface area contributed by atoms with Gasteiger partial charge < -0.3 is 4.55 Å². The van der Waals surface area contributed by atoms with Crippen LogP contribution in [0.3, 0.4) is 0 Å². The van der Waals surface area contributed by atoms with Gasteiger partial charge in [-0.2, -0.15) is 4.72 Å². The van der Waals surface area contributed by atoms with Crippen molar-refractivity contribution in [2.75, 3.05) is 0 Å². The average molecular weight is 119 g/mol. The van der Waals surface area contributed by atoms with E-state index >= 15 is 0 Å². The van der Waals surface area contributed by atoms with Crippen molar-refractivity contribution in [2.24, 2.45) is 5.10 Å². The van der Waals surface area contributed by atoms with E-state index in [1.54, 1.807) is 6.92 Å². The molecule has 1 atom stereocenters. The highest BCUT2D eigenvalue weighted by atomic mass is 32.2. The molecule has 0 saturated heterocycles. The fraction of sp³-hybridized carbons (Fsp3) is 0.500. The summed E-state index contributed by atoms with van der Waals surface area (Å²) in [7, 11) is 0. The van der Waals surface area contributed by atoms with E-state index in [-0.39, 0.29) is 0 Å². The Kier molecular flexibility index (Phi) is 1.07. The molecule has 0 aromatic heterocycles. The van der Waals surface area contributed by atoms with Crippen LogP contribution in [0.5, 0.6) is 0 Å². The molecule has 0 amide bonds. The lowest BCUT2D eigenvalue weighted by molar-refractivity contribution is 0.584. The molecule has 40 valence electrons. The second kappa shape index (κ2) is 1.59. The highest BCUT2D eigenvalue weighted by Crippen LogP contribution is 1.85. The zero-order chi connectivity index (χ0) is 5.28. The van der Waals surface area contributed by atoms with Crippen LogP contribution in [0.15, 0.2) is 5.10 Å². The molecule has 0 saturated carbocycles. The van der Waals surface area contributed by atoms with Gasteiger partial charge in [0.25, 0.3) is 0 Å². The number of hydrazone groups is 1. The highest BCUT2D eigenvalue weighted by Gasteiger charge is 2.11. The summed E-state index contributed by atoms with van der Waals surface area (Å²) in [6.45, 7) is 1.73. The fourth-order valence-electron chi connectivity index (χ4n) is 0.290. The summed E-state index contributed by atoms with van der Waals surface area (Å²) in [5.41, 5.74) is 0. The van der Waals surface area contributed by atoms with Crippen molar-refractivity contribution < 1.29 is 4.55 Å². The molecule has 0 aromatic rings. The maximum absolute atomic E-state index is 10.2. The van der Waals surface area contributed by atoms with Crippen molar-refractivity contribution in [3.63, 3.8) is 0 Å². The molecule has 1 heterocycles. The largest absolute Gasteiger partial charge is 0.567 e. The fourth-order valence-corrected chi connectivity index (χ4v) is 0.869. The SMILES string of the molecule is CC1=NN[S+]([O-])N1. The molecule has 1 aliphatic heterocycles. The minimum Gasteiger partial charge on any atom is -0.567 e. The number of nitrogens with zero attached hydrogens (tertiary/aromatic N) is 1. The molecule has 2 N–H and O–H groups in total. The van der Waals surface area contributed by atoms with E-state index in [9.17, 15) is 4.55 Å². The lowest BCUT2D eigenvalue weighted by Crippen LogP contribution is -2.27. The van der Waals surface area contributed by atoms with Crippen LogP contribution in [0.1, 0.15) is 6.92 Å². The van der Waals surface area contributed by atoms with E-state index in [1.165, 1.54) is 0 Å². The summed E-state index contributed by atoms with van der Waals surface area (Å²) in [5, 5.41) is 3.57. The molecular formula is C2H5N3OS. The molecule has 1 unspecified atom stereocenters. The van der Waals surface area contributed by atoms with Crippen molar-refractivity contribution in [2.45, 2.75) is 6.92 Å². The Morgan fingerprint density at radius 1 is 1.86 bits per heavy atom. The van der Waals surface area contributed by atoms with Gasteiger partial charge in [0.15, 0.2) is 5.84 Å². The van der Waals surface area contributed by atoms with Crippen molar-refractivity contribution >= 4 is 17.4 Å². The van der Waals surface area contributed by atoms with Gasteiger partial charge in [0, 0.05) is 0 Å². The molecule has 0 radical (unpaired) electrons. The monoisotopic (exact) mass is 119 g/mol. The summed E-state index contributed by atoms with van der Waals surface area (Å²) in [6, 6.07) is 0. The number of hydrogen-bond donors (Lipinski definition) is 2. The van der Waals surface area contributed by atoms with Gasteiger partial charge in [0.1, 0.15) is 0 Å². The van der Waals surface area contributed by atoms with Gasteiger partial charge in [-0.3, -0.25) is 0 Å². The first-order valence-corrected chi connectivity index (χ1v) is 2.92. The number of rotatable bonds is 0. The number of amidine groups is 1. The minimum absolute atomic E-state index is 0.665. The van der Waals surface area contributed by atoms with Crippen molar-refractivity contribution in [1.82, 2.24) is 9.55 Å². The Morgan fingerprint density at radius 3 is 2.71 bits per heavy atom. The normalized spacial score (nSPS) is 28.3. The summed E-state index contributed by atoms with van der Waals surface area (Å²) < 4.78 is 12.8. The standard InChI is InChI=1S/C2H5N3OS/c1-2-3-5-7(6)4-2/h5H,1H3,(H,3,4). The summed E-state index contributed by atoms with van der Waals surface area (Å²) in [4.78, 5) is 2.32. The lowest BCUT2D eigenvalue weighted by atomic mass is 10.7. The van der Waals surface area contributed by atoms with Crippen LogP contribution in [-0.2, 0) is 11.5 Å². The van der Waals surface area contributed by atoms with E-state index in [0.29, 0.717) is 5.84 Å². The Balaban J connectivity index is 2.42. The van der Waals surface area contributed by atoms with Crippen molar-refractivity contribution in [1.29, 1.82) is 0 Å². The number of hydrogen-bond acceptors (Lipinski definition) is 4. The maximum Gasteiger partial charge on any atom is 0.211 e. The smallest absolute Gasteiger partial charge is 0.211 e. The Morgan fingerprint density at radius 2 is 2.57 bits per heavy atom. The Hall–Kier alpha value is -0.420. The van der Waals surface area contributed by atoms with E-state index in [2.05, 4.69) is 14.7 Å². The molecule has 4 nitrogen and oxygen atoms in total. The zero-order valence-electron chi connectivity index (χ0n) is 3.76. The van der Waals surface area contributed by atoms with Crippen LogP contribution in [0.25, 0.3) is 0 Å². The van der Waals surface area contributed by atoms with Crippen LogP contribution < -0.4 is 9.55 Å². The van der Waals surface area contributed by atoms with Gasteiger partial charge in [0.05, 0.1) is 0 Å². The second-order valence-electron chi connectivity index (χ2n) is 1.16. The van der Waals surface area contributed by atoms with Gasteiger partial charge in [-0.25, -0.2) is 0 Å². The lowest BCUT2D eigenvalue weighted by Gasteiger charge is -1.95. The third-order valence-electron chi connectivity index (χ3n) is 0.537. The Labute approximate surface area is 44.4 Å². The van der Waals surface area contributed by atoms with Gasteiger partial charge >= 0.3 is 0 Å². The second-order valence-corrected chi connectivity index (χ2v) is 2.08. The zero-order valence-corrected chi connectivity index (χ0v) is 4.58. The molecule has 0 aliphatic carbocycles. The molecule has 5 heteroatoms. The van der Waals surface area contributed by atoms with E-state index in [0.717, 1.165) is 0 Å². The van der Waals surface area contributed by atoms with Crippen LogP contribution >= 0.6 is 0 Å². The van der Waals surface area contributed by atoms with E-state index in [4.69, 9.17) is 0 Å². The Bertz CT molecular complexity index is 103. The van der Waals surface area contributed by atoms with Crippen LogP contribution in [0, 0.1) is 0 Å². The molecule has 1 rings (SSSR count).